The number of ether oxygens (including phenoxy) is 1. The molecule has 18 heavy (non-hydrogen) atoms. The van der Waals surface area contributed by atoms with Gasteiger partial charge in [0.15, 0.2) is 0 Å². The summed E-state index contributed by atoms with van der Waals surface area (Å²) < 4.78 is 18.0. The summed E-state index contributed by atoms with van der Waals surface area (Å²) in [4.78, 5) is 11.0. The number of nitrogens with one attached hydrogen (secondary N) is 1. The fourth-order valence-corrected chi connectivity index (χ4v) is 1.51. The van der Waals surface area contributed by atoms with Crippen molar-refractivity contribution in [1.29, 1.82) is 0 Å². The molecular formula is C13H18FNO3. The van der Waals surface area contributed by atoms with Gasteiger partial charge in [0.1, 0.15) is 17.6 Å². The predicted molar refractivity (Wildman–Crippen MR) is 66.2 cm³/mol. The summed E-state index contributed by atoms with van der Waals surface area (Å²) >= 11 is 0. The first-order chi connectivity index (χ1) is 8.49. The van der Waals surface area contributed by atoms with Gasteiger partial charge in [0, 0.05) is 12.5 Å². The molecule has 0 bridgehead atoms. The maximum absolute atomic E-state index is 12.6. The van der Waals surface area contributed by atoms with Gasteiger partial charge >= 0.3 is 5.97 Å². The van der Waals surface area contributed by atoms with E-state index in [1.54, 1.807) is 0 Å². The first-order valence-electron chi connectivity index (χ1n) is 5.86. The highest BCUT2D eigenvalue weighted by atomic mass is 19.1. The van der Waals surface area contributed by atoms with E-state index in [1.165, 1.54) is 24.3 Å². The molecule has 0 aliphatic heterocycles. The van der Waals surface area contributed by atoms with Crippen molar-refractivity contribution in [3.05, 3.63) is 30.1 Å². The van der Waals surface area contributed by atoms with Crippen LogP contribution < -0.4 is 10.1 Å². The maximum atomic E-state index is 12.6. The van der Waals surface area contributed by atoms with Crippen molar-refractivity contribution in [2.45, 2.75) is 32.4 Å². The molecule has 0 spiro atoms. The Morgan fingerprint density at radius 3 is 2.50 bits per heavy atom. The van der Waals surface area contributed by atoms with E-state index in [9.17, 15) is 9.18 Å². The molecule has 1 unspecified atom stereocenters. The zero-order valence-corrected chi connectivity index (χ0v) is 10.5. The van der Waals surface area contributed by atoms with Gasteiger partial charge in [-0.25, -0.2) is 4.39 Å². The van der Waals surface area contributed by atoms with Crippen molar-refractivity contribution in [2.75, 3.05) is 6.61 Å². The third kappa shape index (κ3) is 5.14. The van der Waals surface area contributed by atoms with Crippen molar-refractivity contribution in [3.8, 4) is 5.75 Å². The molecule has 0 aliphatic carbocycles. The lowest BCUT2D eigenvalue weighted by molar-refractivity contribution is -0.140. The van der Waals surface area contributed by atoms with Crippen molar-refractivity contribution >= 4 is 5.97 Å². The summed E-state index contributed by atoms with van der Waals surface area (Å²) in [5.74, 6) is -0.691. The smallest absolute Gasteiger partial charge is 0.320 e. The van der Waals surface area contributed by atoms with Gasteiger partial charge in [-0.15, -0.1) is 0 Å². The van der Waals surface area contributed by atoms with E-state index in [-0.39, 0.29) is 18.5 Å². The van der Waals surface area contributed by atoms with E-state index in [2.05, 4.69) is 5.32 Å². The number of hydrogen-bond acceptors (Lipinski definition) is 3. The minimum atomic E-state index is -0.897. The van der Waals surface area contributed by atoms with Gasteiger partial charge in [0.05, 0.1) is 6.61 Å². The van der Waals surface area contributed by atoms with Crippen LogP contribution in [-0.4, -0.2) is 29.8 Å². The number of halogens is 1. The summed E-state index contributed by atoms with van der Waals surface area (Å²) in [5.41, 5.74) is 0. The number of rotatable bonds is 7. The quantitative estimate of drug-likeness (QED) is 0.783. The Kier molecular flexibility index (Phi) is 5.58. The molecule has 0 saturated heterocycles. The molecule has 0 saturated carbocycles. The molecule has 5 heteroatoms. The number of hydrogen-bond donors (Lipinski definition) is 2. The third-order valence-corrected chi connectivity index (χ3v) is 2.32. The Balaban J connectivity index is 2.38. The Morgan fingerprint density at radius 1 is 1.39 bits per heavy atom. The highest BCUT2D eigenvalue weighted by Gasteiger charge is 2.17. The monoisotopic (exact) mass is 255 g/mol. The van der Waals surface area contributed by atoms with E-state index >= 15 is 0 Å². The fourth-order valence-electron chi connectivity index (χ4n) is 1.51. The molecule has 1 rings (SSSR count). The lowest BCUT2D eigenvalue weighted by Gasteiger charge is -2.17. The maximum Gasteiger partial charge on any atom is 0.320 e. The molecule has 0 radical (unpaired) electrons. The van der Waals surface area contributed by atoms with Gasteiger partial charge in [-0.05, 0) is 24.3 Å². The third-order valence-electron chi connectivity index (χ3n) is 2.32. The molecule has 1 aromatic rings. The van der Waals surface area contributed by atoms with Crippen molar-refractivity contribution in [1.82, 2.24) is 5.32 Å². The number of benzene rings is 1. The zero-order chi connectivity index (χ0) is 13.5. The molecule has 2 N–H and O–H groups in total. The van der Waals surface area contributed by atoms with E-state index in [1.807, 2.05) is 13.8 Å². The molecule has 100 valence electrons. The largest absolute Gasteiger partial charge is 0.494 e. The Hall–Kier alpha value is -1.62. The second-order valence-electron chi connectivity index (χ2n) is 4.30. The van der Waals surface area contributed by atoms with Crippen molar-refractivity contribution in [3.63, 3.8) is 0 Å². The standard InChI is InChI=1S/C13H18FNO3/c1-9(2)15-12(13(16)17)7-8-18-11-5-3-10(14)4-6-11/h3-6,9,12,15H,7-8H2,1-2H3,(H,16,17). The van der Waals surface area contributed by atoms with Crippen LogP contribution in [0.4, 0.5) is 4.39 Å². The molecule has 1 aromatic carbocycles. The molecule has 0 heterocycles. The highest BCUT2D eigenvalue weighted by molar-refractivity contribution is 5.73. The molecule has 0 aliphatic rings. The Labute approximate surface area is 106 Å². The van der Waals surface area contributed by atoms with Crippen LogP contribution in [0.25, 0.3) is 0 Å². The first-order valence-corrected chi connectivity index (χ1v) is 5.86. The first kappa shape index (κ1) is 14.4. The normalized spacial score (nSPS) is 12.4. The van der Waals surface area contributed by atoms with Gasteiger partial charge in [0.25, 0.3) is 0 Å². The molecule has 4 nitrogen and oxygen atoms in total. The molecule has 0 aromatic heterocycles. The van der Waals surface area contributed by atoms with E-state index in [0.29, 0.717) is 12.2 Å². The van der Waals surface area contributed by atoms with Gasteiger partial charge in [-0.2, -0.15) is 0 Å². The summed E-state index contributed by atoms with van der Waals surface area (Å²) in [5, 5.41) is 11.9. The number of carbonyl (C=O) groups is 1. The Bertz CT molecular complexity index is 378. The zero-order valence-electron chi connectivity index (χ0n) is 10.5. The predicted octanol–water partition coefficient (Wildman–Crippen LogP) is 2.05. The SMILES string of the molecule is CC(C)NC(CCOc1ccc(F)cc1)C(=O)O. The lowest BCUT2D eigenvalue weighted by Crippen LogP contribution is -2.41. The highest BCUT2D eigenvalue weighted by Crippen LogP contribution is 2.11. The van der Waals surface area contributed by atoms with Crippen LogP contribution in [-0.2, 0) is 4.79 Å². The van der Waals surface area contributed by atoms with Crippen LogP contribution in [0.3, 0.4) is 0 Å². The minimum absolute atomic E-state index is 0.0944. The van der Waals surface area contributed by atoms with E-state index < -0.39 is 12.0 Å². The fraction of sp³-hybridized carbons (Fsp3) is 0.462. The summed E-state index contributed by atoms with van der Waals surface area (Å²) in [6.07, 6.45) is 0.352. The number of aliphatic carboxylic acids is 1. The molecular weight excluding hydrogens is 237 g/mol. The van der Waals surface area contributed by atoms with Gasteiger partial charge < -0.3 is 15.2 Å². The number of carboxylic acids is 1. The second kappa shape index (κ2) is 6.96. The molecule has 1 atom stereocenters. The van der Waals surface area contributed by atoms with Crippen LogP contribution in [0.2, 0.25) is 0 Å². The summed E-state index contributed by atoms with van der Waals surface area (Å²) in [6, 6.07) is 5.09. The van der Waals surface area contributed by atoms with Crippen LogP contribution >= 0.6 is 0 Å². The average Bonchev–Trinajstić information content (AvgIpc) is 2.29. The van der Waals surface area contributed by atoms with Gasteiger partial charge in [0.2, 0.25) is 0 Å². The van der Waals surface area contributed by atoms with Crippen LogP contribution in [0.1, 0.15) is 20.3 Å². The number of carboxylic acid groups (broad SMARTS) is 1. The molecule has 0 amide bonds. The lowest BCUT2D eigenvalue weighted by atomic mass is 10.2. The van der Waals surface area contributed by atoms with Crippen molar-refractivity contribution in [2.24, 2.45) is 0 Å². The summed E-state index contributed by atoms with van der Waals surface area (Å²) in [6.45, 7) is 4.04. The van der Waals surface area contributed by atoms with E-state index in [4.69, 9.17) is 9.84 Å². The van der Waals surface area contributed by atoms with Crippen LogP contribution in [0.5, 0.6) is 5.75 Å². The summed E-state index contributed by atoms with van der Waals surface area (Å²) in [7, 11) is 0. The van der Waals surface area contributed by atoms with Crippen LogP contribution in [0, 0.1) is 5.82 Å². The van der Waals surface area contributed by atoms with E-state index in [0.717, 1.165) is 0 Å². The minimum Gasteiger partial charge on any atom is -0.494 e. The second-order valence-corrected chi connectivity index (χ2v) is 4.30. The van der Waals surface area contributed by atoms with Gasteiger partial charge in [-0.3, -0.25) is 4.79 Å². The van der Waals surface area contributed by atoms with Gasteiger partial charge in [-0.1, -0.05) is 13.8 Å². The van der Waals surface area contributed by atoms with Crippen molar-refractivity contribution < 1.29 is 19.0 Å². The topological polar surface area (TPSA) is 58.6 Å². The average molecular weight is 255 g/mol. The van der Waals surface area contributed by atoms with Crippen LogP contribution in [0.15, 0.2) is 24.3 Å². The Morgan fingerprint density at radius 2 is 2.00 bits per heavy atom. The molecule has 0 fully saturated rings.